The van der Waals surface area contributed by atoms with Gasteiger partial charge in [0.15, 0.2) is 9.84 Å². The van der Waals surface area contributed by atoms with E-state index >= 15 is 0 Å². The molecular weight excluding hydrogens is 473 g/mol. The second-order valence-corrected chi connectivity index (χ2v) is 12.8. The molecule has 2 aliphatic heterocycles. The summed E-state index contributed by atoms with van der Waals surface area (Å²) in [7, 11) is -6.80. The van der Waals surface area contributed by atoms with Gasteiger partial charge in [-0.25, -0.2) is 21.6 Å². The number of benzene rings is 1. The second-order valence-electron chi connectivity index (χ2n) is 8.04. The minimum absolute atomic E-state index is 0.00313. The zero-order chi connectivity index (χ0) is 21.7. The van der Waals surface area contributed by atoms with Gasteiger partial charge in [-0.3, -0.25) is 9.69 Å². The van der Waals surface area contributed by atoms with E-state index in [1.165, 1.54) is 12.1 Å². The number of amides is 1. The summed E-state index contributed by atoms with van der Waals surface area (Å²) in [6, 6.07) is 2.44. The van der Waals surface area contributed by atoms with Crippen LogP contribution in [0.1, 0.15) is 29.6 Å². The molecule has 3 fully saturated rings. The third-order valence-corrected chi connectivity index (χ3v) is 9.82. The summed E-state index contributed by atoms with van der Waals surface area (Å²) >= 11 is 12.3. The molecule has 1 saturated carbocycles. The molecule has 4 rings (SSSR count). The van der Waals surface area contributed by atoms with Crippen LogP contribution in [0.25, 0.3) is 0 Å². The summed E-state index contributed by atoms with van der Waals surface area (Å²) in [5, 5.41) is 0.0663. The number of rotatable bonds is 5. The molecule has 0 aromatic heterocycles. The van der Waals surface area contributed by atoms with Gasteiger partial charge in [0.2, 0.25) is 10.0 Å². The van der Waals surface area contributed by atoms with E-state index in [1.54, 1.807) is 4.90 Å². The summed E-state index contributed by atoms with van der Waals surface area (Å²) < 4.78 is 51.2. The van der Waals surface area contributed by atoms with E-state index in [4.69, 9.17) is 23.2 Å². The smallest absolute Gasteiger partial charge is 0.255 e. The van der Waals surface area contributed by atoms with Gasteiger partial charge in [0.05, 0.1) is 27.1 Å². The highest BCUT2D eigenvalue weighted by atomic mass is 35.5. The van der Waals surface area contributed by atoms with Gasteiger partial charge in [0.1, 0.15) is 4.90 Å². The zero-order valence-corrected chi connectivity index (χ0v) is 19.3. The van der Waals surface area contributed by atoms with Crippen molar-refractivity contribution >= 4 is 49.0 Å². The number of hydrogen-bond donors (Lipinski definition) is 1. The molecule has 1 aromatic carbocycles. The zero-order valence-electron chi connectivity index (χ0n) is 16.2. The van der Waals surface area contributed by atoms with Gasteiger partial charge in [-0.2, -0.15) is 0 Å². The van der Waals surface area contributed by atoms with E-state index in [-0.39, 0.29) is 50.0 Å². The molecule has 2 saturated heterocycles. The predicted octanol–water partition coefficient (Wildman–Crippen LogP) is 1.38. The standard InChI is InChI=1S/C18H23Cl2N3O5S2/c19-15-10-16(20)17(30(27,28)21-12-1-2-12)9-14(15)18(24)23-6-4-22(5-7-23)13-3-8-29(25,26)11-13/h9-10,12-13,21H,1-8,11H2. The maximum atomic E-state index is 13.0. The Labute approximate surface area is 186 Å². The van der Waals surface area contributed by atoms with Gasteiger partial charge >= 0.3 is 0 Å². The average Bonchev–Trinajstić information content (AvgIpc) is 3.40. The molecule has 1 amide bonds. The number of piperazine rings is 1. The minimum Gasteiger partial charge on any atom is -0.336 e. The van der Waals surface area contributed by atoms with Gasteiger partial charge in [-0.15, -0.1) is 0 Å². The second kappa shape index (κ2) is 8.22. The van der Waals surface area contributed by atoms with E-state index in [0.29, 0.717) is 32.6 Å². The summed E-state index contributed by atoms with van der Waals surface area (Å²) in [5.74, 6) is 0.0147. The first-order valence-corrected chi connectivity index (χ1v) is 13.9. The molecule has 1 aliphatic carbocycles. The highest BCUT2D eigenvalue weighted by Crippen LogP contribution is 2.31. The van der Waals surface area contributed by atoms with Crippen molar-refractivity contribution in [1.82, 2.24) is 14.5 Å². The fourth-order valence-electron chi connectivity index (χ4n) is 3.91. The molecule has 8 nitrogen and oxygen atoms in total. The van der Waals surface area contributed by atoms with Crippen LogP contribution in [-0.4, -0.2) is 82.3 Å². The molecule has 3 aliphatic rings. The average molecular weight is 496 g/mol. The van der Waals surface area contributed by atoms with Crippen molar-refractivity contribution in [1.29, 1.82) is 0 Å². The molecule has 0 spiro atoms. The first-order valence-electron chi connectivity index (χ1n) is 9.81. The highest BCUT2D eigenvalue weighted by Gasteiger charge is 2.35. The lowest BCUT2D eigenvalue weighted by atomic mass is 10.1. The van der Waals surface area contributed by atoms with E-state index in [1.807, 2.05) is 0 Å². The van der Waals surface area contributed by atoms with Crippen LogP contribution in [0.3, 0.4) is 0 Å². The van der Waals surface area contributed by atoms with Crippen molar-refractivity contribution in [3.63, 3.8) is 0 Å². The minimum atomic E-state index is -3.84. The number of nitrogens with zero attached hydrogens (tertiary/aromatic N) is 2. The van der Waals surface area contributed by atoms with Crippen LogP contribution >= 0.6 is 23.2 Å². The number of sulfonamides is 1. The monoisotopic (exact) mass is 495 g/mol. The van der Waals surface area contributed by atoms with Crippen LogP contribution in [-0.2, 0) is 19.9 Å². The summed E-state index contributed by atoms with van der Waals surface area (Å²) in [6.07, 6.45) is 2.18. The molecule has 1 unspecified atom stereocenters. The van der Waals surface area contributed by atoms with E-state index < -0.39 is 19.9 Å². The number of carbonyl (C=O) groups is 1. The Morgan fingerprint density at radius 3 is 2.27 bits per heavy atom. The summed E-state index contributed by atoms with van der Waals surface area (Å²) in [5.41, 5.74) is 0.0918. The van der Waals surface area contributed by atoms with E-state index in [9.17, 15) is 21.6 Å². The molecule has 1 aromatic rings. The fraction of sp³-hybridized carbons (Fsp3) is 0.611. The van der Waals surface area contributed by atoms with E-state index in [0.717, 1.165) is 12.8 Å². The van der Waals surface area contributed by atoms with Gasteiger partial charge in [-0.1, -0.05) is 23.2 Å². The van der Waals surface area contributed by atoms with Gasteiger partial charge in [0, 0.05) is 38.3 Å². The molecule has 12 heteroatoms. The molecule has 2 heterocycles. The molecule has 30 heavy (non-hydrogen) atoms. The maximum absolute atomic E-state index is 13.0. The van der Waals surface area contributed by atoms with Crippen molar-refractivity contribution in [2.75, 3.05) is 37.7 Å². The number of carbonyl (C=O) groups excluding carboxylic acids is 1. The molecule has 1 atom stereocenters. The number of halogens is 2. The predicted molar refractivity (Wildman–Crippen MR) is 114 cm³/mol. The Hall–Kier alpha value is -0.910. The van der Waals surface area contributed by atoms with Crippen LogP contribution < -0.4 is 4.72 Å². The van der Waals surface area contributed by atoms with Gasteiger partial charge in [-0.05, 0) is 31.4 Å². The van der Waals surface area contributed by atoms with Gasteiger partial charge < -0.3 is 4.90 Å². The van der Waals surface area contributed by atoms with Crippen LogP contribution in [0.2, 0.25) is 10.0 Å². The lowest BCUT2D eigenvalue weighted by Crippen LogP contribution is -2.52. The molecule has 0 bridgehead atoms. The molecule has 166 valence electrons. The largest absolute Gasteiger partial charge is 0.336 e. The van der Waals surface area contributed by atoms with Crippen LogP contribution in [0.15, 0.2) is 17.0 Å². The number of nitrogens with one attached hydrogen (secondary N) is 1. The van der Waals surface area contributed by atoms with Crippen molar-refractivity contribution < 1.29 is 21.6 Å². The Balaban J connectivity index is 1.48. The maximum Gasteiger partial charge on any atom is 0.255 e. The Morgan fingerprint density at radius 1 is 1.03 bits per heavy atom. The van der Waals surface area contributed by atoms with Crippen LogP contribution in [0, 0.1) is 0 Å². The topological polar surface area (TPSA) is 104 Å². The normalized spacial score (nSPS) is 24.9. The third kappa shape index (κ3) is 4.78. The third-order valence-electron chi connectivity index (χ3n) is 5.77. The van der Waals surface area contributed by atoms with E-state index in [2.05, 4.69) is 9.62 Å². The van der Waals surface area contributed by atoms with Crippen LogP contribution in [0.4, 0.5) is 0 Å². The summed E-state index contributed by atoms with van der Waals surface area (Å²) in [4.78, 5) is 16.6. The number of sulfone groups is 1. The molecular formula is C18H23Cl2N3O5S2. The Kier molecular flexibility index (Phi) is 6.10. The van der Waals surface area contributed by atoms with Gasteiger partial charge in [0.25, 0.3) is 5.91 Å². The quantitative estimate of drug-likeness (QED) is 0.661. The first-order chi connectivity index (χ1) is 14.1. The first kappa shape index (κ1) is 22.3. The van der Waals surface area contributed by atoms with Crippen molar-refractivity contribution in [3.05, 3.63) is 27.7 Å². The summed E-state index contributed by atoms with van der Waals surface area (Å²) in [6.45, 7) is 1.95. The highest BCUT2D eigenvalue weighted by molar-refractivity contribution is 7.91. The fourth-order valence-corrected chi connectivity index (χ4v) is 7.83. The Bertz CT molecular complexity index is 1070. The lowest BCUT2D eigenvalue weighted by molar-refractivity contribution is 0.0587. The van der Waals surface area contributed by atoms with Crippen molar-refractivity contribution in [3.8, 4) is 0 Å². The van der Waals surface area contributed by atoms with Crippen molar-refractivity contribution in [2.45, 2.75) is 36.2 Å². The SMILES string of the molecule is O=C(c1cc(S(=O)(=O)NC2CC2)c(Cl)cc1Cl)N1CCN(C2CCS(=O)(=O)C2)CC1. The molecule has 0 radical (unpaired) electrons. The lowest BCUT2D eigenvalue weighted by Gasteiger charge is -2.37. The number of hydrogen-bond acceptors (Lipinski definition) is 6. The Morgan fingerprint density at radius 2 is 1.70 bits per heavy atom. The van der Waals surface area contributed by atoms with Crippen LogP contribution in [0.5, 0.6) is 0 Å². The molecule has 1 N–H and O–H groups in total. The van der Waals surface area contributed by atoms with Crippen molar-refractivity contribution in [2.24, 2.45) is 0 Å².